The first kappa shape index (κ1) is 35.9. The van der Waals surface area contributed by atoms with E-state index in [0.29, 0.717) is 5.82 Å². The van der Waals surface area contributed by atoms with Gasteiger partial charge in [-0.3, -0.25) is 4.57 Å². The van der Waals surface area contributed by atoms with Crippen molar-refractivity contribution in [3.05, 3.63) is 231 Å². The predicted octanol–water partition coefficient (Wildman–Crippen LogP) is 14.6. The molecule has 0 aliphatic rings. The Morgan fingerprint density at radius 1 is 0.311 bits per heavy atom. The number of aromatic nitrogens is 4. The first-order valence-corrected chi connectivity index (χ1v) is 20.6. The molecule has 0 amide bonds. The van der Waals surface area contributed by atoms with E-state index in [9.17, 15) is 0 Å². The molecule has 0 fully saturated rings. The molecule has 11 rings (SSSR count). The van der Waals surface area contributed by atoms with Crippen molar-refractivity contribution in [3.63, 3.8) is 0 Å². The molecule has 0 saturated carbocycles. The highest BCUT2D eigenvalue weighted by Gasteiger charge is 2.21. The maximum Gasteiger partial charge on any atom is 0.160 e. The van der Waals surface area contributed by atoms with E-state index >= 15 is 0 Å². The summed E-state index contributed by atoms with van der Waals surface area (Å²) < 4.78 is 2.35. The maximum atomic E-state index is 5.23. The summed E-state index contributed by atoms with van der Waals surface area (Å²) in [5.74, 6) is 1.58. The molecule has 286 valence electrons. The van der Waals surface area contributed by atoms with Gasteiger partial charge in [-0.15, -0.1) is 0 Å². The fraction of sp³-hybridized carbons (Fsp3) is 0. The third-order valence-corrected chi connectivity index (χ3v) is 11.5. The average Bonchev–Trinajstić information content (AvgIpc) is 3.68. The fourth-order valence-electron chi connectivity index (χ4n) is 8.51. The van der Waals surface area contributed by atoms with Gasteiger partial charge in [-0.05, 0) is 75.3 Å². The number of pyridine rings is 1. The van der Waals surface area contributed by atoms with E-state index in [1.54, 1.807) is 0 Å². The van der Waals surface area contributed by atoms with Crippen molar-refractivity contribution < 1.29 is 0 Å². The van der Waals surface area contributed by atoms with Crippen LogP contribution >= 0.6 is 0 Å². The second-order valence-electron chi connectivity index (χ2n) is 15.2. The molecule has 0 atom stereocenters. The van der Waals surface area contributed by atoms with E-state index in [1.807, 2.05) is 42.6 Å². The van der Waals surface area contributed by atoms with E-state index in [-0.39, 0.29) is 0 Å². The van der Waals surface area contributed by atoms with Gasteiger partial charge in [-0.25, -0.2) is 15.0 Å². The number of rotatable bonds is 8. The van der Waals surface area contributed by atoms with Gasteiger partial charge in [0.05, 0.1) is 22.4 Å². The van der Waals surface area contributed by atoms with Gasteiger partial charge in [0.1, 0.15) is 5.82 Å². The number of hydrogen-bond donors (Lipinski definition) is 0. The number of fused-ring (bicyclic) bond motifs is 3. The highest BCUT2D eigenvalue weighted by Crippen LogP contribution is 2.42. The lowest BCUT2D eigenvalue weighted by Crippen LogP contribution is -2.02. The maximum absolute atomic E-state index is 5.23. The lowest BCUT2D eigenvalue weighted by Gasteiger charge is -2.18. The van der Waals surface area contributed by atoms with Crippen LogP contribution in [0.1, 0.15) is 0 Å². The highest BCUT2D eigenvalue weighted by atomic mass is 15.1. The van der Waals surface area contributed by atoms with E-state index in [0.717, 1.165) is 67.2 Å². The third-order valence-electron chi connectivity index (χ3n) is 11.5. The van der Waals surface area contributed by atoms with Crippen LogP contribution in [0.4, 0.5) is 0 Å². The molecular weight excluding hydrogens is 741 g/mol. The van der Waals surface area contributed by atoms with E-state index in [4.69, 9.17) is 15.0 Å². The van der Waals surface area contributed by atoms with Gasteiger partial charge in [0.15, 0.2) is 5.82 Å². The minimum atomic E-state index is 0.698. The van der Waals surface area contributed by atoms with Crippen LogP contribution in [0.3, 0.4) is 0 Å². The summed E-state index contributed by atoms with van der Waals surface area (Å²) in [6.45, 7) is 0. The predicted molar refractivity (Wildman–Crippen MR) is 252 cm³/mol. The summed E-state index contributed by atoms with van der Waals surface area (Å²) in [5, 5.41) is 2.36. The zero-order chi connectivity index (χ0) is 40.5. The van der Waals surface area contributed by atoms with Crippen LogP contribution in [0, 0.1) is 0 Å². The molecule has 11 aromatic rings. The lowest BCUT2D eigenvalue weighted by atomic mass is 9.94. The zero-order valence-electron chi connectivity index (χ0n) is 33.2. The Hall–Kier alpha value is -8.21. The van der Waals surface area contributed by atoms with Crippen LogP contribution in [-0.2, 0) is 0 Å². The molecule has 0 unspecified atom stereocenters. The van der Waals surface area contributed by atoms with Crippen LogP contribution in [0.2, 0.25) is 0 Å². The zero-order valence-corrected chi connectivity index (χ0v) is 33.2. The standard InChI is InChI=1S/C57H38N4/c1-6-16-39(17-7-1)46-30-32-53-49(36-46)50-37-47(40-18-8-2-9-19-40)31-33-54(50)61(53)57-55(44-22-12-4-13-23-44)48(34-35-58-57)41-26-28-43(29-27-41)52-38-51(42-20-10-3-11-21-42)59-56(60-52)45-24-14-5-15-25-45/h1-38H. The molecule has 4 nitrogen and oxygen atoms in total. The van der Waals surface area contributed by atoms with E-state index < -0.39 is 0 Å². The Kier molecular flexibility index (Phi) is 9.14. The number of hydrogen-bond acceptors (Lipinski definition) is 3. The molecule has 3 aromatic heterocycles. The molecule has 0 saturated heterocycles. The molecule has 3 heterocycles. The van der Waals surface area contributed by atoms with Crippen molar-refractivity contribution in [2.45, 2.75) is 0 Å². The summed E-state index contributed by atoms with van der Waals surface area (Å²) in [6.07, 6.45) is 1.95. The number of nitrogens with zero attached hydrogens (tertiary/aromatic N) is 4. The minimum absolute atomic E-state index is 0.698. The molecule has 0 bridgehead atoms. The largest absolute Gasteiger partial charge is 0.293 e. The van der Waals surface area contributed by atoms with Crippen LogP contribution < -0.4 is 0 Å². The molecule has 0 aliphatic heterocycles. The van der Waals surface area contributed by atoms with Crippen molar-refractivity contribution in [3.8, 4) is 84.2 Å². The summed E-state index contributed by atoms with van der Waals surface area (Å²) in [6, 6.07) is 79.0. The number of benzene rings is 8. The molecule has 61 heavy (non-hydrogen) atoms. The summed E-state index contributed by atoms with van der Waals surface area (Å²) in [4.78, 5) is 15.3. The second-order valence-corrected chi connectivity index (χ2v) is 15.2. The first-order chi connectivity index (χ1) is 30.2. The third kappa shape index (κ3) is 6.76. The normalized spacial score (nSPS) is 11.3. The van der Waals surface area contributed by atoms with Gasteiger partial charge in [-0.2, -0.15) is 0 Å². The monoisotopic (exact) mass is 778 g/mol. The summed E-state index contributed by atoms with van der Waals surface area (Å²) in [5.41, 5.74) is 16.1. The van der Waals surface area contributed by atoms with Crippen LogP contribution in [0.15, 0.2) is 231 Å². The van der Waals surface area contributed by atoms with Crippen molar-refractivity contribution >= 4 is 21.8 Å². The Morgan fingerprint density at radius 2 is 0.721 bits per heavy atom. The second kappa shape index (κ2) is 15.5. The highest BCUT2D eigenvalue weighted by molar-refractivity contribution is 6.12. The SMILES string of the molecule is c1ccc(-c2ccc3c(c2)c2cc(-c4ccccc4)ccc2n3-c2nccc(-c3ccc(-c4cc(-c5ccccc5)nc(-c5ccccc5)n4)cc3)c2-c2ccccc2)cc1. The molecule has 4 heteroatoms. The fourth-order valence-corrected chi connectivity index (χ4v) is 8.51. The van der Waals surface area contributed by atoms with Gasteiger partial charge in [0.25, 0.3) is 0 Å². The van der Waals surface area contributed by atoms with Gasteiger partial charge in [0.2, 0.25) is 0 Å². The first-order valence-electron chi connectivity index (χ1n) is 20.6. The molecular formula is C57H38N4. The van der Waals surface area contributed by atoms with Gasteiger partial charge in [-0.1, -0.05) is 188 Å². The molecule has 0 N–H and O–H groups in total. The summed E-state index contributed by atoms with van der Waals surface area (Å²) in [7, 11) is 0. The van der Waals surface area contributed by atoms with Crippen LogP contribution in [0.25, 0.3) is 106 Å². The summed E-state index contributed by atoms with van der Waals surface area (Å²) >= 11 is 0. The van der Waals surface area contributed by atoms with Gasteiger partial charge in [0, 0.05) is 39.2 Å². The topological polar surface area (TPSA) is 43.6 Å². The van der Waals surface area contributed by atoms with Crippen LogP contribution in [0.5, 0.6) is 0 Å². The average molecular weight is 779 g/mol. The van der Waals surface area contributed by atoms with Crippen molar-refractivity contribution in [1.29, 1.82) is 0 Å². The lowest BCUT2D eigenvalue weighted by molar-refractivity contribution is 1.08. The van der Waals surface area contributed by atoms with Crippen molar-refractivity contribution in [1.82, 2.24) is 19.5 Å². The van der Waals surface area contributed by atoms with Gasteiger partial charge >= 0.3 is 0 Å². The Morgan fingerprint density at radius 3 is 1.23 bits per heavy atom. The smallest absolute Gasteiger partial charge is 0.160 e. The molecule has 0 spiro atoms. The quantitative estimate of drug-likeness (QED) is 0.154. The van der Waals surface area contributed by atoms with Crippen molar-refractivity contribution in [2.24, 2.45) is 0 Å². The van der Waals surface area contributed by atoms with Gasteiger partial charge < -0.3 is 0 Å². The molecule has 8 aromatic carbocycles. The molecule has 0 radical (unpaired) electrons. The Balaban J connectivity index is 1.09. The molecule has 0 aliphatic carbocycles. The van der Waals surface area contributed by atoms with Crippen LogP contribution in [-0.4, -0.2) is 19.5 Å². The Bertz CT molecular complexity index is 3150. The minimum Gasteiger partial charge on any atom is -0.293 e. The Labute approximate surface area is 354 Å². The van der Waals surface area contributed by atoms with E-state index in [2.05, 4.69) is 193 Å². The van der Waals surface area contributed by atoms with E-state index in [1.165, 1.54) is 33.0 Å². The van der Waals surface area contributed by atoms with Crippen molar-refractivity contribution in [2.75, 3.05) is 0 Å².